The first kappa shape index (κ1) is 23.2. The van der Waals surface area contributed by atoms with Crippen molar-refractivity contribution in [1.82, 2.24) is 14.8 Å². The molecule has 0 saturated carbocycles. The van der Waals surface area contributed by atoms with Gasteiger partial charge in [0.2, 0.25) is 5.91 Å². The van der Waals surface area contributed by atoms with Gasteiger partial charge in [-0.3, -0.25) is 14.6 Å². The molecule has 0 unspecified atom stereocenters. The highest BCUT2D eigenvalue weighted by atomic mass is 19.1. The van der Waals surface area contributed by atoms with Crippen LogP contribution in [0.5, 0.6) is 0 Å². The Morgan fingerprint density at radius 1 is 0.943 bits per heavy atom. The number of amides is 2. The van der Waals surface area contributed by atoms with Crippen LogP contribution in [-0.2, 0) is 17.8 Å². The van der Waals surface area contributed by atoms with Gasteiger partial charge < -0.3 is 9.80 Å². The second kappa shape index (κ2) is 10.4. The lowest BCUT2D eigenvalue weighted by Gasteiger charge is -2.32. The SMILES string of the molecule is O=C1CCCN1Cc1cccc(C(=O)N2CCC(c3cccc(Cc4ccc(F)cc4)n3)CC2)c1. The highest BCUT2D eigenvalue weighted by Crippen LogP contribution is 2.28. The highest BCUT2D eigenvalue weighted by molar-refractivity contribution is 5.94. The fourth-order valence-electron chi connectivity index (χ4n) is 5.09. The minimum atomic E-state index is -0.231. The van der Waals surface area contributed by atoms with Crippen LogP contribution < -0.4 is 0 Å². The fraction of sp³-hybridized carbons (Fsp3) is 0.345. The van der Waals surface area contributed by atoms with E-state index in [0.29, 0.717) is 44.0 Å². The van der Waals surface area contributed by atoms with E-state index in [2.05, 4.69) is 6.07 Å². The summed E-state index contributed by atoms with van der Waals surface area (Å²) in [4.78, 5) is 33.8. The molecular formula is C29H30FN3O2. The Balaban J connectivity index is 1.19. The maximum Gasteiger partial charge on any atom is 0.253 e. The number of piperidine rings is 1. The molecule has 2 aromatic carbocycles. The van der Waals surface area contributed by atoms with Gasteiger partial charge in [0, 0.05) is 61.9 Å². The summed E-state index contributed by atoms with van der Waals surface area (Å²) in [5.41, 5.74) is 4.76. The van der Waals surface area contributed by atoms with Crippen LogP contribution in [0.4, 0.5) is 4.39 Å². The molecule has 0 spiro atoms. The predicted octanol–water partition coefficient (Wildman–Crippen LogP) is 4.95. The molecule has 0 radical (unpaired) electrons. The van der Waals surface area contributed by atoms with Gasteiger partial charge in [-0.05, 0) is 66.8 Å². The highest BCUT2D eigenvalue weighted by Gasteiger charge is 2.26. The fourth-order valence-corrected chi connectivity index (χ4v) is 5.09. The smallest absolute Gasteiger partial charge is 0.253 e. The molecule has 5 nitrogen and oxygen atoms in total. The number of rotatable bonds is 6. The largest absolute Gasteiger partial charge is 0.339 e. The zero-order chi connectivity index (χ0) is 24.2. The topological polar surface area (TPSA) is 53.5 Å². The van der Waals surface area contributed by atoms with Crippen molar-refractivity contribution < 1.29 is 14.0 Å². The Bertz CT molecular complexity index is 1200. The van der Waals surface area contributed by atoms with Crippen LogP contribution in [0.15, 0.2) is 66.7 Å². The van der Waals surface area contributed by atoms with E-state index < -0.39 is 0 Å². The van der Waals surface area contributed by atoms with E-state index in [-0.39, 0.29) is 17.6 Å². The zero-order valence-electron chi connectivity index (χ0n) is 19.8. The van der Waals surface area contributed by atoms with Crippen molar-refractivity contribution in [3.63, 3.8) is 0 Å². The first-order valence-corrected chi connectivity index (χ1v) is 12.4. The molecule has 2 aliphatic rings. The van der Waals surface area contributed by atoms with E-state index in [4.69, 9.17) is 4.98 Å². The van der Waals surface area contributed by atoms with Gasteiger partial charge in [-0.15, -0.1) is 0 Å². The van der Waals surface area contributed by atoms with Crippen LogP contribution in [0.1, 0.15) is 64.5 Å². The summed E-state index contributed by atoms with van der Waals surface area (Å²) in [6, 6.07) is 20.4. The van der Waals surface area contributed by atoms with Gasteiger partial charge in [0.1, 0.15) is 5.82 Å². The molecule has 3 heterocycles. The number of hydrogen-bond donors (Lipinski definition) is 0. The first-order valence-electron chi connectivity index (χ1n) is 12.4. The summed E-state index contributed by atoms with van der Waals surface area (Å²) < 4.78 is 13.2. The van der Waals surface area contributed by atoms with E-state index in [1.165, 1.54) is 12.1 Å². The molecule has 2 saturated heterocycles. The number of halogens is 1. The van der Waals surface area contributed by atoms with Crippen LogP contribution in [0.25, 0.3) is 0 Å². The Kier molecular flexibility index (Phi) is 6.89. The van der Waals surface area contributed by atoms with E-state index in [1.54, 1.807) is 12.1 Å². The number of benzene rings is 2. The molecule has 35 heavy (non-hydrogen) atoms. The molecule has 0 aliphatic carbocycles. The number of likely N-dealkylation sites (tertiary alicyclic amines) is 2. The van der Waals surface area contributed by atoms with Crippen LogP contribution in [0, 0.1) is 5.82 Å². The predicted molar refractivity (Wildman–Crippen MR) is 132 cm³/mol. The van der Waals surface area contributed by atoms with Crippen LogP contribution in [0.3, 0.4) is 0 Å². The number of pyridine rings is 1. The van der Waals surface area contributed by atoms with E-state index >= 15 is 0 Å². The average Bonchev–Trinajstić information content (AvgIpc) is 3.29. The molecule has 0 atom stereocenters. The molecular weight excluding hydrogens is 441 g/mol. The quantitative estimate of drug-likeness (QED) is 0.511. The number of carbonyl (C=O) groups excluding carboxylic acids is 2. The molecule has 0 bridgehead atoms. The third-order valence-corrected chi connectivity index (χ3v) is 7.05. The molecule has 1 aromatic heterocycles. The van der Waals surface area contributed by atoms with Crippen molar-refractivity contribution in [2.24, 2.45) is 0 Å². The van der Waals surface area contributed by atoms with E-state index in [1.807, 2.05) is 46.2 Å². The summed E-state index contributed by atoms with van der Waals surface area (Å²) in [6.45, 7) is 2.76. The van der Waals surface area contributed by atoms with Gasteiger partial charge in [0.05, 0.1) is 0 Å². The van der Waals surface area contributed by atoms with Gasteiger partial charge in [-0.2, -0.15) is 0 Å². The van der Waals surface area contributed by atoms with Crippen molar-refractivity contribution in [1.29, 1.82) is 0 Å². The molecule has 2 fully saturated rings. The van der Waals surface area contributed by atoms with Crippen LogP contribution >= 0.6 is 0 Å². The summed E-state index contributed by atoms with van der Waals surface area (Å²) in [5, 5.41) is 0. The van der Waals surface area contributed by atoms with Crippen molar-refractivity contribution in [3.05, 3.63) is 101 Å². The number of hydrogen-bond acceptors (Lipinski definition) is 3. The summed E-state index contributed by atoms with van der Waals surface area (Å²) in [6.07, 6.45) is 3.96. The summed E-state index contributed by atoms with van der Waals surface area (Å²) in [5.74, 6) is 0.333. The number of carbonyl (C=O) groups is 2. The van der Waals surface area contributed by atoms with Crippen molar-refractivity contribution in [2.45, 2.75) is 44.6 Å². The van der Waals surface area contributed by atoms with Crippen LogP contribution in [-0.4, -0.2) is 46.2 Å². The standard InChI is InChI=1S/C29H30FN3O2/c30-25-11-9-21(10-12-25)19-26-6-2-7-27(31-26)23-13-16-32(17-14-23)29(35)24-5-1-4-22(18-24)20-33-15-3-8-28(33)34/h1-2,4-7,9-12,18,23H,3,8,13-17,19-20H2. The van der Waals surface area contributed by atoms with E-state index in [0.717, 1.165) is 48.3 Å². The maximum absolute atomic E-state index is 13.2. The number of aromatic nitrogens is 1. The Morgan fingerprint density at radius 2 is 1.71 bits per heavy atom. The molecule has 0 N–H and O–H groups in total. The lowest BCUT2D eigenvalue weighted by atomic mass is 9.92. The molecule has 2 amide bonds. The van der Waals surface area contributed by atoms with Gasteiger partial charge in [0.15, 0.2) is 0 Å². The second-order valence-corrected chi connectivity index (χ2v) is 9.54. The second-order valence-electron chi connectivity index (χ2n) is 9.54. The maximum atomic E-state index is 13.2. The minimum absolute atomic E-state index is 0.0519. The van der Waals surface area contributed by atoms with Gasteiger partial charge >= 0.3 is 0 Å². The Hall–Kier alpha value is -3.54. The lowest BCUT2D eigenvalue weighted by molar-refractivity contribution is -0.128. The third-order valence-electron chi connectivity index (χ3n) is 7.05. The summed E-state index contributed by atoms with van der Waals surface area (Å²) in [7, 11) is 0. The van der Waals surface area contributed by atoms with E-state index in [9.17, 15) is 14.0 Å². The molecule has 2 aliphatic heterocycles. The zero-order valence-corrected chi connectivity index (χ0v) is 19.8. The van der Waals surface area contributed by atoms with Gasteiger partial charge in [-0.1, -0.05) is 30.3 Å². The first-order chi connectivity index (χ1) is 17.0. The summed E-state index contributed by atoms with van der Waals surface area (Å²) >= 11 is 0. The molecule has 6 heteroatoms. The monoisotopic (exact) mass is 471 g/mol. The Morgan fingerprint density at radius 3 is 2.46 bits per heavy atom. The molecule has 5 rings (SSSR count). The minimum Gasteiger partial charge on any atom is -0.339 e. The van der Waals surface area contributed by atoms with Crippen LogP contribution in [0.2, 0.25) is 0 Å². The van der Waals surface area contributed by atoms with Crippen molar-refractivity contribution >= 4 is 11.8 Å². The number of nitrogens with zero attached hydrogens (tertiary/aromatic N) is 3. The normalized spacial score (nSPS) is 16.7. The molecule has 180 valence electrons. The van der Waals surface area contributed by atoms with Gasteiger partial charge in [-0.25, -0.2) is 4.39 Å². The van der Waals surface area contributed by atoms with Crippen molar-refractivity contribution in [2.75, 3.05) is 19.6 Å². The lowest BCUT2D eigenvalue weighted by Crippen LogP contribution is -2.38. The van der Waals surface area contributed by atoms with Crippen molar-refractivity contribution in [3.8, 4) is 0 Å². The van der Waals surface area contributed by atoms with Gasteiger partial charge in [0.25, 0.3) is 5.91 Å². The third kappa shape index (κ3) is 5.59. The average molecular weight is 472 g/mol. The Labute approximate surface area is 205 Å². The molecule has 3 aromatic rings.